The van der Waals surface area contributed by atoms with Crippen LogP contribution in [0.15, 0.2) is 30.5 Å². The van der Waals surface area contributed by atoms with Crippen LogP contribution in [0.4, 0.5) is 16.2 Å². The van der Waals surface area contributed by atoms with Gasteiger partial charge in [-0.2, -0.15) is 10.2 Å². The summed E-state index contributed by atoms with van der Waals surface area (Å²) in [6.07, 6.45) is 10.6. The second-order valence-corrected chi connectivity index (χ2v) is 12.3. The summed E-state index contributed by atoms with van der Waals surface area (Å²) in [4.78, 5) is 8.52. The largest absolute Gasteiger partial charge is 0.367 e. The van der Waals surface area contributed by atoms with Crippen LogP contribution < -0.4 is 16.0 Å². The Balaban J connectivity index is 1.13. The number of hydrogen-bond acceptors (Lipinski definition) is 6. The van der Waals surface area contributed by atoms with Crippen LogP contribution in [-0.4, -0.2) is 29.1 Å². The van der Waals surface area contributed by atoms with E-state index in [1.165, 1.54) is 38.3 Å². The number of anilines is 2. The minimum absolute atomic E-state index is 0.258. The Morgan fingerprint density at radius 2 is 1.84 bits per heavy atom. The monoisotopic (exact) mass is 538 g/mol. The van der Waals surface area contributed by atoms with Gasteiger partial charge >= 0.3 is 0 Å². The van der Waals surface area contributed by atoms with Gasteiger partial charge in [0.2, 0.25) is 5.95 Å². The number of benzene rings is 1. The van der Waals surface area contributed by atoms with Gasteiger partial charge in [0, 0.05) is 30.1 Å². The summed E-state index contributed by atoms with van der Waals surface area (Å²) in [7, 11) is 0. The van der Waals surface area contributed by atoms with Crippen LogP contribution in [0.1, 0.15) is 63.9 Å². The SMILES string of the molecule is C[C@@H]1CC2C[C@@H](CNc3nc(NCc4ccccc4Cl)ncc3F)C[C@@H](C2)[C@H]1NC[C@H]1CC[C@@H](C#N)CC1. The van der Waals surface area contributed by atoms with Gasteiger partial charge in [-0.25, -0.2) is 9.37 Å². The molecule has 8 heteroatoms. The van der Waals surface area contributed by atoms with Crippen LogP contribution in [0.2, 0.25) is 5.02 Å². The maximum atomic E-state index is 14.6. The molecule has 2 bridgehead atoms. The highest BCUT2D eigenvalue weighted by Crippen LogP contribution is 2.45. The molecule has 5 atom stereocenters. The molecule has 0 spiro atoms. The molecule has 3 fully saturated rings. The van der Waals surface area contributed by atoms with Crippen molar-refractivity contribution < 1.29 is 4.39 Å². The molecule has 3 aliphatic carbocycles. The van der Waals surface area contributed by atoms with Crippen LogP contribution in [-0.2, 0) is 6.54 Å². The Morgan fingerprint density at radius 3 is 2.63 bits per heavy atom. The maximum absolute atomic E-state index is 14.6. The molecule has 38 heavy (non-hydrogen) atoms. The molecule has 1 unspecified atom stereocenters. The third kappa shape index (κ3) is 6.76. The van der Waals surface area contributed by atoms with E-state index in [4.69, 9.17) is 11.6 Å². The number of hydrogen-bond donors (Lipinski definition) is 3. The fourth-order valence-electron chi connectivity index (χ4n) is 7.21. The van der Waals surface area contributed by atoms with Gasteiger partial charge in [-0.05, 0) is 99.1 Å². The van der Waals surface area contributed by atoms with Crippen LogP contribution >= 0.6 is 11.6 Å². The Bertz CT molecular complexity index is 1110. The fraction of sp³-hybridized carbons (Fsp3) is 0.633. The second-order valence-electron chi connectivity index (χ2n) is 11.9. The predicted octanol–water partition coefficient (Wildman–Crippen LogP) is 6.65. The van der Waals surface area contributed by atoms with Gasteiger partial charge in [-0.15, -0.1) is 0 Å². The first-order valence-electron chi connectivity index (χ1n) is 14.3. The van der Waals surface area contributed by atoms with Crippen LogP contribution in [0, 0.1) is 52.7 Å². The van der Waals surface area contributed by atoms with Crippen molar-refractivity contribution in [3.8, 4) is 6.07 Å². The number of aromatic nitrogens is 2. The van der Waals surface area contributed by atoms with Gasteiger partial charge in [-0.1, -0.05) is 36.7 Å². The average molecular weight is 539 g/mol. The molecule has 3 N–H and O–H groups in total. The Morgan fingerprint density at radius 1 is 1.03 bits per heavy atom. The normalized spacial score (nSPS) is 30.8. The minimum atomic E-state index is -0.427. The second kappa shape index (κ2) is 12.6. The summed E-state index contributed by atoms with van der Waals surface area (Å²) in [6, 6.07) is 10.6. The highest BCUT2D eigenvalue weighted by atomic mass is 35.5. The third-order valence-corrected chi connectivity index (χ3v) is 9.50. The topological polar surface area (TPSA) is 85.7 Å². The fourth-order valence-corrected chi connectivity index (χ4v) is 7.41. The summed E-state index contributed by atoms with van der Waals surface area (Å²) < 4.78 is 14.6. The van der Waals surface area contributed by atoms with Crippen molar-refractivity contribution in [3.63, 3.8) is 0 Å². The number of nitrogens with one attached hydrogen (secondary N) is 3. The quantitative estimate of drug-likeness (QED) is 0.331. The summed E-state index contributed by atoms with van der Waals surface area (Å²) >= 11 is 6.24. The van der Waals surface area contributed by atoms with Gasteiger partial charge in [-0.3, -0.25) is 0 Å². The molecular weight excluding hydrogens is 499 g/mol. The highest BCUT2D eigenvalue weighted by Gasteiger charge is 2.41. The Hall–Kier alpha value is -2.43. The predicted molar refractivity (Wildman–Crippen MR) is 150 cm³/mol. The van der Waals surface area contributed by atoms with E-state index in [2.05, 4.69) is 38.9 Å². The van der Waals surface area contributed by atoms with Crippen LogP contribution in [0.3, 0.4) is 0 Å². The molecule has 1 heterocycles. The van der Waals surface area contributed by atoms with Gasteiger partial charge < -0.3 is 16.0 Å². The molecule has 5 rings (SSSR count). The van der Waals surface area contributed by atoms with Gasteiger partial charge in [0.25, 0.3) is 0 Å². The lowest BCUT2D eigenvalue weighted by Gasteiger charge is -2.47. The van der Waals surface area contributed by atoms with E-state index in [9.17, 15) is 9.65 Å². The number of nitriles is 1. The van der Waals surface area contributed by atoms with Crippen LogP contribution in [0.25, 0.3) is 0 Å². The summed E-state index contributed by atoms with van der Waals surface area (Å²) in [5.74, 6) is 3.80. The average Bonchev–Trinajstić information content (AvgIpc) is 2.92. The van der Waals surface area contributed by atoms with Crippen molar-refractivity contribution in [2.24, 2.45) is 35.5 Å². The zero-order chi connectivity index (χ0) is 26.5. The van der Waals surface area contributed by atoms with E-state index in [0.29, 0.717) is 47.2 Å². The first kappa shape index (κ1) is 27.1. The van der Waals surface area contributed by atoms with E-state index in [-0.39, 0.29) is 11.7 Å². The number of rotatable bonds is 9. The van der Waals surface area contributed by atoms with Crippen molar-refractivity contribution in [2.75, 3.05) is 23.7 Å². The van der Waals surface area contributed by atoms with Gasteiger partial charge in [0.05, 0.1) is 12.3 Å². The molecular formula is C30H40ClFN6. The molecule has 2 aromatic rings. The Labute approximate surface area is 231 Å². The van der Waals surface area contributed by atoms with Crippen LogP contribution in [0.5, 0.6) is 0 Å². The molecule has 6 nitrogen and oxygen atoms in total. The van der Waals surface area contributed by atoms with E-state index in [1.807, 2.05) is 24.3 Å². The van der Waals surface area contributed by atoms with Crippen molar-refractivity contribution in [1.82, 2.24) is 15.3 Å². The molecule has 1 aromatic heterocycles. The molecule has 0 amide bonds. The first-order chi connectivity index (χ1) is 18.5. The minimum Gasteiger partial charge on any atom is -0.367 e. The smallest absolute Gasteiger partial charge is 0.225 e. The maximum Gasteiger partial charge on any atom is 0.225 e. The number of halogens is 2. The molecule has 3 aliphatic rings. The Kier molecular flexibility index (Phi) is 9.01. The molecule has 0 aliphatic heterocycles. The molecule has 1 aromatic carbocycles. The lowest BCUT2D eigenvalue weighted by Crippen LogP contribution is -2.50. The number of fused-ring (bicyclic) bond motifs is 2. The van der Waals surface area contributed by atoms with E-state index in [0.717, 1.165) is 43.8 Å². The van der Waals surface area contributed by atoms with Crippen molar-refractivity contribution in [3.05, 3.63) is 46.9 Å². The van der Waals surface area contributed by atoms with Crippen molar-refractivity contribution in [1.29, 1.82) is 5.26 Å². The van der Waals surface area contributed by atoms with E-state index < -0.39 is 5.82 Å². The standard InChI is InChI=1S/C30H40ClFN6/c1-19-10-22-11-23(13-25(12-22)28(19)34-15-21-8-6-20(14-33)7-9-21)16-35-29-27(32)18-37-30(38-29)36-17-24-4-2-3-5-26(24)31/h2-5,18-23,25,28,34H,6-13,15-17H2,1H3,(H2,35,36,37,38)/t19-,20-,21+,22?,23-,25-,28+/m1/s1. The van der Waals surface area contributed by atoms with Crippen molar-refractivity contribution >= 4 is 23.4 Å². The summed E-state index contributed by atoms with van der Waals surface area (Å²) in [5, 5.41) is 20.3. The van der Waals surface area contributed by atoms with Gasteiger partial charge in [0.1, 0.15) is 0 Å². The van der Waals surface area contributed by atoms with E-state index >= 15 is 0 Å². The number of nitrogens with zero attached hydrogens (tertiary/aromatic N) is 3. The van der Waals surface area contributed by atoms with Crippen molar-refractivity contribution in [2.45, 2.75) is 70.9 Å². The molecule has 3 saturated carbocycles. The summed E-state index contributed by atoms with van der Waals surface area (Å²) in [6.45, 7) is 4.69. The van der Waals surface area contributed by atoms with Gasteiger partial charge in [0.15, 0.2) is 11.6 Å². The highest BCUT2D eigenvalue weighted by molar-refractivity contribution is 6.31. The lowest BCUT2D eigenvalue weighted by molar-refractivity contribution is 0.0650. The third-order valence-electron chi connectivity index (χ3n) is 9.13. The first-order valence-corrected chi connectivity index (χ1v) is 14.7. The molecule has 0 saturated heterocycles. The lowest BCUT2D eigenvalue weighted by atomic mass is 9.62. The molecule has 0 radical (unpaired) electrons. The molecule has 204 valence electrons. The summed E-state index contributed by atoms with van der Waals surface area (Å²) in [5.41, 5.74) is 0.942. The van der Waals surface area contributed by atoms with E-state index in [1.54, 1.807) is 0 Å². The zero-order valence-corrected chi connectivity index (χ0v) is 23.1. The zero-order valence-electron chi connectivity index (χ0n) is 22.3.